The summed E-state index contributed by atoms with van der Waals surface area (Å²) in [5, 5.41) is 32.0. The second kappa shape index (κ2) is 8.06. The molecule has 1 fully saturated rings. The summed E-state index contributed by atoms with van der Waals surface area (Å²) in [5.74, 6) is 0. The van der Waals surface area contributed by atoms with Gasteiger partial charge in [0.15, 0.2) is 6.29 Å². The van der Waals surface area contributed by atoms with Crippen LogP contribution in [0.15, 0.2) is 30.3 Å². The van der Waals surface area contributed by atoms with Crippen molar-refractivity contribution in [3.63, 3.8) is 0 Å². The van der Waals surface area contributed by atoms with Crippen molar-refractivity contribution in [3.8, 4) is 0 Å². The molecule has 1 aliphatic rings. The van der Waals surface area contributed by atoms with E-state index < -0.39 is 36.7 Å². The van der Waals surface area contributed by atoms with Crippen LogP contribution in [0.5, 0.6) is 0 Å². The lowest BCUT2D eigenvalue weighted by molar-refractivity contribution is -0.239. The largest absolute Gasteiger partial charge is 0.445 e. The SMILES string of the molecule is O=C(N[C@@H]1[C@@H](O)[C@H](O)[C@@H](CI)O[C@@H]1O)OCc1ccccc1. The number of rotatable bonds is 4. The summed E-state index contributed by atoms with van der Waals surface area (Å²) in [5.41, 5.74) is 0.809. The van der Waals surface area contributed by atoms with Gasteiger partial charge >= 0.3 is 6.09 Å². The number of ether oxygens (including phenoxy) is 2. The van der Waals surface area contributed by atoms with Crippen molar-refractivity contribution in [1.29, 1.82) is 0 Å². The average Bonchev–Trinajstić information content (AvgIpc) is 2.54. The minimum Gasteiger partial charge on any atom is -0.445 e. The Labute approximate surface area is 141 Å². The molecule has 0 saturated carbocycles. The molecule has 0 aromatic heterocycles. The summed E-state index contributed by atoms with van der Waals surface area (Å²) < 4.78 is 10.6. The second-order valence-electron chi connectivity index (χ2n) is 4.93. The topological polar surface area (TPSA) is 108 Å². The third kappa shape index (κ3) is 4.29. The van der Waals surface area contributed by atoms with E-state index in [-0.39, 0.29) is 6.61 Å². The maximum atomic E-state index is 11.7. The lowest BCUT2D eigenvalue weighted by Gasteiger charge is -2.40. The Kier molecular flexibility index (Phi) is 6.38. The van der Waals surface area contributed by atoms with Crippen LogP contribution in [0.4, 0.5) is 4.79 Å². The Bertz CT molecular complexity index is 487. The van der Waals surface area contributed by atoms with Crippen molar-refractivity contribution < 1.29 is 29.6 Å². The Balaban J connectivity index is 1.87. The third-order valence-electron chi connectivity index (χ3n) is 3.37. The number of benzene rings is 1. The molecule has 1 aliphatic heterocycles. The fourth-order valence-electron chi connectivity index (χ4n) is 2.13. The Hall–Kier alpha value is -0.940. The quantitative estimate of drug-likeness (QED) is 0.406. The molecule has 1 aromatic carbocycles. The highest BCUT2D eigenvalue weighted by atomic mass is 127. The number of aliphatic hydroxyl groups excluding tert-OH is 3. The zero-order valence-corrected chi connectivity index (χ0v) is 13.8. The van der Waals surface area contributed by atoms with Gasteiger partial charge in [-0.05, 0) is 5.56 Å². The number of alkyl carbamates (subject to hydrolysis) is 1. The van der Waals surface area contributed by atoms with E-state index in [9.17, 15) is 20.1 Å². The van der Waals surface area contributed by atoms with Crippen LogP contribution in [0.2, 0.25) is 0 Å². The Morgan fingerprint density at radius 2 is 1.91 bits per heavy atom. The zero-order valence-electron chi connectivity index (χ0n) is 11.6. The standard InChI is InChI=1S/C14H18INO6/c15-6-9-11(17)12(18)10(13(19)22-9)16-14(20)21-7-8-4-2-1-3-5-8/h1-5,9-13,17-19H,6-7H2,(H,16,20)/t9-,10-,11-,12-,13+/m1/s1. The van der Waals surface area contributed by atoms with Crippen molar-refractivity contribution >= 4 is 28.7 Å². The van der Waals surface area contributed by atoms with Crippen molar-refractivity contribution in [2.75, 3.05) is 4.43 Å². The molecule has 22 heavy (non-hydrogen) atoms. The first-order valence-electron chi connectivity index (χ1n) is 6.75. The van der Waals surface area contributed by atoms with Gasteiger partial charge in [-0.3, -0.25) is 0 Å². The summed E-state index contributed by atoms with van der Waals surface area (Å²) in [6.45, 7) is 0.0609. The van der Waals surface area contributed by atoms with Crippen LogP contribution in [0.25, 0.3) is 0 Å². The molecule has 1 amide bonds. The van der Waals surface area contributed by atoms with Crippen LogP contribution in [-0.4, -0.2) is 56.5 Å². The highest BCUT2D eigenvalue weighted by molar-refractivity contribution is 14.1. The molecular formula is C14H18INO6. The van der Waals surface area contributed by atoms with E-state index in [1.54, 1.807) is 12.1 Å². The van der Waals surface area contributed by atoms with E-state index in [4.69, 9.17) is 9.47 Å². The molecule has 8 heteroatoms. The summed E-state index contributed by atoms with van der Waals surface area (Å²) in [6, 6.07) is 7.93. The molecule has 1 saturated heterocycles. The lowest BCUT2D eigenvalue weighted by atomic mass is 9.98. The molecular weight excluding hydrogens is 405 g/mol. The molecule has 4 N–H and O–H groups in total. The number of hydrogen-bond acceptors (Lipinski definition) is 6. The maximum Gasteiger partial charge on any atom is 0.407 e. The van der Waals surface area contributed by atoms with Crippen molar-refractivity contribution in [2.24, 2.45) is 0 Å². The van der Waals surface area contributed by atoms with Gasteiger partial charge in [-0.25, -0.2) is 4.79 Å². The number of nitrogens with one attached hydrogen (secondary N) is 1. The van der Waals surface area contributed by atoms with Gasteiger partial charge in [0.25, 0.3) is 0 Å². The van der Waals surface area contributed by atoms with Gasteiger partial charge in [0.05, 0.1) is 6.10 Å². The number of carbonyl (C=O) groups is 1. The van der Waals surface area contributed by atoms with Crippen molar-refractivity contribution in [1.82, 2.24) is 5.32 Å². The minimum atomic E-state index is -1.41. The highest BCUT2D eigenvalue weighted by Gasteiger charge is 2.44. The van der Waals surface area contributed by atoms with E-state index in [1.807, 2.05) is 40.8 Å². The van der Waals surface area contributed by atoms with Gasteiger partial charge in [-0.1, -0.05) is 52.9 Å². The number of amides is 1. The molecule has 1 aromatic rings. The summed E-state index contributed by atoms with van der Waals surface area (Å²) >= 11 is 1.98. The Morgan fingerprint density at radius 3 is 2.55 bits per heavy atom. The molecule has 7 nitrogen and oxygen atoms in total. The molecule has 5 atom stereocenters. The molecule has 2 rings (SSSR count). The molecule has 0 radical (unpaired) electrons. The first-order chi connectivity index (χ1) is 10.5. The van der Waals surface area contributed by atoms with Crippen LogP contribution >= 0.6 is 22.6 Å². The van der Waals surface area contributed by atoms with E-state index in [2.05, 4.69) is 5.32 Å². The molecule has 1 heterocycles. The molecule has 0 bridgehead atoms. The predicted molar refractivity (Wildman–Crippen MR) is 85.3 cm³/mol. The fourth-order valence-corrected chi connectivity index (χ4v) is 2.86. The third-order valence-corrected chi connectivity index (χ3v) is 4.24. The van der Waals surface area contributed by atoms with Gasteiger partial charge in [0.2, 0.25) is 0 Å². The minimum absolute atomic E-state index is 0.0609. The maximum absolute atomic E-state index is 11.7. The molecule has 0 unspecified atom stereocenters. The molecule has 0 aliphatic carbocycles. The average molecular weight is 423 g/mol. The van der Waals surface area contributed by atoms with Gasteiger partial charge < -0.3 is 30.1 Å². The van der Waals surface area contributed by atoms with E-state index in [0.29, 0.717) is 4.43 Å². The van der Waals surface area contributed by atoms with E-state index >= 15 is 0 Å². The van der Waals surface area contributed by atoms with Crippen LogP contribution in [0.1, 0.15) is 5.56 Å². The van der Waals surface area contributed by atoms with Gasteiger partial charge in [0.1, 0.15) is 24.9 Å². The zero-order chi connectivity index (χ0) is 16.1. The molecule has 0 spiro atoms. The predicted octanol–water partition coefficient (Wildman–Crippen LogP) is 0.155. The van der Waals surface area contributed by atoms with Crippen molar-refractivity contribution in [2.45, 2.75) is 37.3 Å². The van der Waals surface area contributed by atoms with E-state index in [1.165, 1.54) is 0 Å². The van der Waals surface area contributed by atoms with Crippen LogP contribution < -0.4 is 5.32 Å². The van der Waals surface area contributed by atoms with Gasteiger partial charge in [0, 0.05) is 4.43 Å². The summed E-state index contributed by atoms with van der Waals surface area (Å²) in [7, 11) is 0. The summed E-state index contributed by atoms with van der Waals surface area (Å²) in [6.07, 6.45) is -5.45. The smallest absolute Gasteiger partial charge is 0.407 e. The first kappa shape index (κ1) is 17.4. The Morgan fingerprint density at radius 1 is 1.23 bits per heavy atom. The van der Waals surface area contributed by atoms with Crippen LogP contribution in [-0.2, 0) is 16.1 Å². The highest BCUT2D eigenvalue weighted by Crippen LogP contribution is 2.21. The van der Waals surface area contributed by atoms with Crippen LogP contribution in [0.3, 0.4) is 0 Å². The van der Waals surface area contributed by atoms with E-state index in [0.717, 1.165) is 5.56 Å². The number of halogens is 1. The lowest BCUT2D eigenvalue weighted by Crippen LogP contribution is -2.63. The summed E-state index contributed by atoms with van der Waals surface area (Å²) in [4.78, 5) is 11.7. The van der Waals surface area contributed by atoms with Gasteiger partial charge in [-0.15, -0.1) is 0 Å². The number of carbonyl (C=O) groups excluding carboxylic acids is 1. The van der Waals surface area contributed by atoms with Gasteiger partial charge in [-0.2, -0.15) is 0 Å². The number of alkyl halides is 1. The monoisotopic (exact) mass is 423 g/mol. The molecule has 122 valence electrons. The normalized spacial score (nSPS) is 31.5. The first-order valence-corrected chi connectivity index (χ1v) is 8.28. The van der Waals surface area contributed by atoms with Crippen LogP contribution in [0, 0.1) is 0 Å². The number of hydrogen-bond donors (Lipinski definition) is 4. The van der Waals surface area contributed by atoms with Crippen molar-refractivity contribution in [3.05, 3.63) is 35.9 Å². The fraction of sp³-hybridized carbons (Fsp3) is 0.500. The number of aliphatic hydroxyl groups is 3. The second-order valence-corrected chi connectivity index (χ2v) is 5.81.